The van der Waals surface area contributed by atoms with Crippen molar-refractivity contribution in [1.82, 2.24) is 4.98 Å². The van der Waals surface area contributed by atoms with Crippen LogP contribution in [0.15, 0.2) is 16.9 Å². The van der Waals surface area contributed by atoms with Crippen molar-refractivity contribution in [3.8, 4) is 22.6 Å². The fourth-order valence-electron chi connectivity index (χ4n) is 2.91. The number of esters is 1. The van der Waals surface area contributed by atoms with E-state index in [4.69, 9.17) is 31.5 Å². The lowest BCUT2D eigenvalue weighted by Crippen LogP contribution is -2.26. The lowest BCUT2D eigenvalue weighted by molar-refractivity contribution is -0.150. The number of aromatic carboxylic acids is 2. The van der Waals surface area contributed by atoms with E-state index in [9.17, 15) is 29.4 Å². The summed E-state index contributed by atoms with van der Waals surface area (Å²) in [6.07, 6.45) is -1.06. The van der Waals surface area contributed by atoms with Gasteiger partial charge in [0.2, 0.25) is 0 Å². The Morgan fingerprint density at radius 1 is 1.12 bits per heavy atom. The van der Waals surface area contributed by atoms with E-state index in [1.54, 1.807) is 13.8 Å². The summed E-state index contributed by atoms with van der Waals surface area (Å²) >= 11 is 6.32. The zero-order valence-electron chi connectivity index (χ0n) is 17.4. The minimum atomic E-state index is -1.67. The van der Waals surface area contributed by atoms with Crippen molar-refractivity contribution in [3.63, 3.8) is 0 Å². The molecule has 0 spiro atoms. The number of ether oxygens (including phenoxy) is 3. The molecule has 12 heteroatoms. The third-order valence-electron chi connectivity index (χ3n) is 4.18. The van der Waals surface area contributed by atoms with Crippen LogP contribution in [-0.2, 0) is 9.53 Å². The number of carbonyl (C=O) groups is 3. The van der Waals surface area contributed by atoms with Crippen molar-refractivity contribution in [1.29, 1.82) is 0 Å². The van der Waals surface area contributed by atoms with E-state index in [-0.39, 0.29) is 35.3 Å². The van der Waals surface area contributed by atoms with E-state index >= 15 is 0 Å². The van der Waals surface area contributed by atoms with Gasteiger partial charge in [-0.25, -0.2) is 14.4 Å². The van der Waals surface area contributed by atoms with E-state index < -0.39 is 52.1 Å². The molecule has 1 aromatic carbocycles. The zero-order chi connectivity index (χ0) is 24.2. The summed E-state index contributed by atoms with van der Waals surface area (Å²) in [6, 6.07) is 2.43. The van der Waals surface area contributed by atoms with Crippen molar-refractivity contribution < 1.29 is 38.8 Å². The predicted octanol–water partition coefficient (Wildman–Crippen LogP) is 2.40. The van der Waals surface area contributed by atoms with Gasteiger partial charge in [-0.1, -0.05) is 11.6 Å². The number of H-pyrrole nitrogens is 1. The maximum absolute atomic E-state index is 12.2. The molecular weight excluding hydrogens is 448 g/mol. The topological polar surface area (TPSA) is 178 Å². The molecule has 0 aliphatic rings. The Labute approximate surface area is 186 Å². The largest absolute Gasteiger partial charge is 0.490 e. The van der Waals surface area contributed by atoms with Crippen molar-refractivity contribution >= 4 is 35.3 Å². The maximum atomic E-state index is 12.2. The quantitative estimate of drug-likeness (QED) is 0.399. The van der Waals surface area contributed by atoms with Gasteiger partial charge in [0.1, 0.15) is 16.9 Å². The second-order valence-electron chi connectivity index (χ2n) is 6.33. The lowest BCUT2D eigenvalue weighted by atomic mass is 9.95. The Hall–Kier alpha value is -3.73. The molecule has 0 amide bonds. The van der Waals surface area contributed by atoms with Crippen molar-refractivity contribution in [3.05, 3.63) is 38.6 Å². The molecule has 0 radical (unpaired) electrons. The molecule has 1 unspecified atom stereocenters. The molecule has 1 atom stereocenters. The van der Waals surface area contributed by atoms with Crippen molar-refractivity contribution in [2.24, 2.45) is 0 Å². The summed E-state index contributed by atoms with van der Waals surface area (Å²) in [5.41, 5.74) is 2.55. The predicted molar refractivity (Wildman–Crippen MR) is 114 cm³/mol. The van der Waals surface area contributed by atoms with Gasteiger partial charge in [-0.2, -0.15) is 0 Å². The summed E-state index contributed by atoms with van der Waals surface area (Å²) in [7, 11) is 0. The number of nitrogen functional groups attached to an aromatic ring is 1. The second-order valence-corrected chi connectivity index (χ2v) is 6.74. The highest BCUT2D eigenvalue weighted by molar-refractivity contribution is 6.32. The molecule has 5 N–H and O–H groups in total. The Morgan fingerprint density at radius 3 is 2.28 bits per heavy atom. The van der Waals surface area contributed by atoms with Crippen LogP contribution in [0.2, 0.25) is 5.02 Å². The van der Waals surface area contributed by atoms with Gasteiger partial charge in [0.25, 0.3) is 5.56 Å². The number of carboxylic acids is 2. The monoisotopic (exact) mass is 468 g/mol. The number of hydrogen-bond acceptors (Lipinski definition) is 8. The Balaban J connectivity index is 2.79. The van der Waals surface area contributed by atoms with E-state index in [0.29, 0.717) is 0 Å². The Kier molecular flexibility index (Phi) is 7.71. The molecule has 0 bridgehead atoms. The van der Waals surface area contributed by atoms with Gasteiger partial charge in [-0.15, -0.1) is 0 Å². The third-order valence-corrected chi connectivity index (χ3v) is 4.46. The zero-order valence-corrected chi connectivity index (χ0v) is 18.1. The smallest absolute Gasteiger partial charge is 0.347 e. The Bertz CT molecular complexity index is 1130. The first-order valence-electron chi connectivity index (χ1n) is 9.35. The molecule has 32 heavy (non-hydrogen) atoms. The normalized spacial score (nSPS) is 11.5. The van der Waals surface area contributed by atoms with E-state index in [1.807, 2.05) is 4.98 Å². The van der Waals surface area contributed by atoms with Crippen molar-refractivity contribution in [2.75, 3.05) is 18.9 Å². The van der Waals surface area contributed by atoms with E-state index in [2.05, 4.69) is 0 Å². The third kappa shape index (κ3) is 4.94. The summed E-state index contributed by atoms with van der Waals surface area (Å²) in [5, 5.41) is 19.0. The van der Waals surface area contributed by atoms with Gasteiger partial charge in [-0.05, 0) is 38.5 Å². The van der Waals surface area contributed by atoms with Gasteiger partial charge in [0.15, 0.2) is 17.6 Å². The van der Waals surface area contributed by atoms with Crippen LogP contribution in [0.4, 0.5) is 5.82 Å². The number of nitrogens with two attached hydrogens (primary N) is 1. The molecule has 0 aliphatic heterocycles. The molecule has 0 fully saturated rings. The minimum absolute atomic E-state index is 0.0160. The fourth-order valence-corrected chi connectivity index (χ4v) is 3.16. The number of aromatic nitrogens is 1. The number of nitrogens with one attached hydrogen (secondary N) is 1. The van der Waals surface area contributed by atoms with Gasteiger partial charge in [0.05, 0.1) is 18.2 Å². The van der Waals surface area contributed by atoms with E-state index in [1.165, 1.54) is 19.1 Å². The van der Waals surface area contributed by atoms with Crippen LogP contribution >= 0.6 is 11.6 Å². The average Bonchev–Trinajstić information content (AvgIpc) is 2.69. The van der Waals surface area contributed by atoms with Crippen LogP contribution in [0, 0.1) is 0 Å². The van der Waals surface area contributed by atoms with Crippen LogP contribution in [0.25, 0.3) is 11.1 Å². The highest BCUT2D eigenvalue weighted by atomic mass is 35.5. The van der Waals surface area contributed by atoms with Gasteiger partial charge < -0.3 is 35.1 Å². The van der Waals surface area contributed by atoms with Crippen LogP contribution in [0.3, 0.4) is 0 Å². The number of aromatic amines is 1. The summed E-state index contributed by atoms with van der Waals surface area (Å²) in [4.78, 5) is 49.7. The number of hydrogen-bond donors (Lipinski definition) is 4. The number of anilines is 1. The molecule has 2 aromatic rings. The molecule has 0 aliphatic carbocycles. The average molecular weight is 469 g/mol. The first-order chi connectivity index (χ1) is 15.0. The molecule has 2 rings (SSSR count). The molecule has 1 aromatic heterocycles. The minimum Gasteiger partial charge on any atom is -0.490 e. The number of halogens is 1. The Morgan fingerprint density at radius 2 is 1.75 bits per heavy atom. The highest BCUT2D eigenvalue weighted by Crippen LogP contribution is 2.42. The number of carboxylic acid groups (broad SMARTS) is 2. The second kappa shape index (κ2) is 10.1. The van der Waals surface area contributed by atoms with Crippen LogP contribution in [0.5, 0.6) is 11.5 Å². The maximum Gasteiger partial charge on any atom is 0.347 e. The van der Waals surface area contributed by atoms with Crippen LogP contribution in [-0.4, -0.2) is 52.4 Å². The first kappa shape index (κ1) is 24.5. The number of benzene rings is 1. The van der Waals surface area contributed by atoms with E-state index in [0.717, 1.165) is 0 Å². The molecule has 172 valence electrons. The summed E-state index contributed by atoms with van der Waals surface area (Å²) < 4.78 is 16.0. The molecule has 11 nitrogen and oxygen atoms in total. The van der Waals surface area contributed by atoms with Gasteiger partial charge in [0, 0.05) is 5.56 Å². The number of pyridine rings is 1. The van der Waals surface area contributed by atoms with Gasteiger partial charge >= 0.3 is 17.9 Å². The van der Waals surface area contributed by atoms with Crippen LogP contribution in [0.1, 0.15) is 41.5 Å². The summed E-state index contributed by atoms with van der Waals surface area (Å²) in [6.45, 7) is 4.97. The van der Waals surface area contributed by atoms with Gasteiger partial charge in [-0.3, -0.25) is 4.79 Å². The molecular formula is C20H21ClN2O9. The molecule has 0 saturated carbocycles. The lowest BCUT2D eigenvalue weighted by Gasteiger charge is -2.19. The summed E-state index contributed by atoms with van der Waals surface area (Å²) in [5.74, 6) is -4.50. The van der Waals surface area contributed by atoms with Crippen molar-refractivity contribution in [2.45, 2.75) is 26.9 Å². The first-order valence-corrected chi connectivity index (χ1v) is 9.73. The highest BCUT2D eigenvalue weighted by Gasteiger charge is 2.29. The van der Waals surface area contributed by atoms with Crippen LogP contribution < -0.4 is 20.8 Å². The SMILES string of the molecule is CCOC(=O)C(C)Oc1c(Cl)cc(-c2c(C(=O)O)c(N)[nH]c(=O)c2C(=O)O)cc1OCC. The number of carbonyl (C=O) groups excluding carboxylic acids is 1. The molecule has 0 saturated heterocycles. The fraction of sp³-hybridized carbons (Fsp3) is 0.300. The molecule has 1 heterocycles. The standard InChI is InChI=1S/C20H21ClN2O9/c1-4-30-11-7-9(6-10(21)15(11)32-8(3)20(29)31-5-2)12-13(18(25)26)16(22)23-17(24)14(12)19(27)28/h6-8H,4-5H2,1-3H3,(H,25,26)(H,27,28)(H3,22,23,24). The number of rotatable bonds is 9.